The number of H-pyrrole nitrogens is 1. The molecule has 0 spiro atoms. The maximum atomic E-state index is 13.2. The van der Waals surface area contributed by atoms with Gasteiger partial charge in [-0.3, -0.25) is 9.89 Å². The maximum absolute atomic E-state index is 13.2. The van der Waals surface area contributed by atoms with Crippen molar-refractivity contribution >= 4 is 5.91 Å². The summed E-state index contributed by atoms with van der Waals surface area (Å²) in [5.41, 5.74) is 1.77. The van der Waals surface area contributed by atoms with Crippen LogP contribution in [0, 0.1) is 5.92 Å². The number of carbonyl (C=O) groups is 1. The molecule has 0 radical (unpaired) electrons. The second-order valence-corrected chi connectivity index (χ2v) is 7.53. The van der Waals surface area contributed by atoms with E-state index >= 15 is 0 Å². The van der Waals surface area contributed by atoms with E-state index in [-0.39, 0.29) is 30.6 Å². The molecule has 4 rings (SSSR count). The van der Waals surface area contributed by atoms with Gasteiger partial charge in [0.1, 0.15) is 0 Å². The monoisotopic (exact) mass is 333 g/mol. The molecule has 2 aliphatic carbocycles. The lowest BCUT2D eigenvalue weighted by molar-refractivity contribution is -0.0449. The average Bonchev–Trinajstić information content (AvgIpc) is 3.28. The Bertz CT molecular complexity index is 582. The summed E-state index contributed by atoms with van der Waals surface area (Å²) in [6.07, 6.45) is 9.52. The SMILES string of the molecule is O=C(c1cn[nH]c1C1CCCCC1)N1CCO[C@H]2C[C@H](CO)C[C@@H]21. The van der Waals surface area contributed by atoms with E-state index in [2.05, 4.69) is 10.2 Å². The Morgan fingerprint density at radius 3 is 2.96 bits per heavy atom. The van der Waals surface area contributed by atoms with Crippen LogP contribution in [0.3, 0.4) is 0 Å². The van der Waals surface area contributed by atoms with Gasteiger partial charge >= 0.3 is 0 Å². The van der Waals surface area contributed by atoms with Gasteiger partial charge in [-0.2, -0.15) is 5.10 Å². The molecule has 0 bridgehead atoms. The highest BCUT2D eigenvalue weighted by molar-refractivity contribution is 5.95. The lowest BCUT2D eigenvalue weighted by Crippen LogP contribution is -2.51. The van der Waals surface area contributed by atoms with Gasteiger partial charge in [-0.15, -0.1) is 0 Å². The van der Waals surface area contributed by atoms with Crippen LogP contribution in [-0.4, -0.2) is 58.0 Å². The first-order valence-corrected chi connectivity index (χ1v) is 9.34. The molecule has 6 heteroatoms. The molecule has 0 aromatic carbocycles. The molecule has 2 heterocycles. The third-order valence-electron chi connectivity index (χ3n) is 6.07. The number of carbonyl (C=O) groups excluding carboxylic acids is 1. The van der Waals surface area contributed by atoms with Crippen molar-refractivity contribution < 1.29 is 14.6 Å². The fourth-order valence-electron chi connectivity index (χ4n) is 4.78. The van der Waals surface area contributed by atoms with Crippen molar-refractivity contribution in [2.75, 3.05) is 19.8 Å². The molecule has 3 aliphatic rings. The molecule has 1 aromatic heterocycles. The molecule has 1 aliphatic heterocycles. The Balaban J connectivity index is 1.54. The average molecular weight is 333 g/mol. The number of amides is 1. The van der Waals surface area contributed by atoms with Crippen LogP contribution in [0.5, 0.6) is 0 Å². The summed E-state index contributed by atoms with van der Waals surface area (Å²) in [5.74, 6) is 0.766. The molecule has 0 unspecified atom stereocenters. The topological polar surface area (TPSA) is 78.5 Å². The lowest BCUT2D eigenvalue weighted by atomic mass is 9.85. The first kappa shape index (κ1) is 16.1. The van der Waals surface area contributed by atoms with Gasteiger partial charge in [0.05, 0.1) is 36.2 Å². The molecule has 2 saturated carbocycles. The van der Waals surface area contributed by atoms with Gasteiger partial charge in [-0.05, 0) is 31.6 Å². The van der Waals surface area contributed by atoms with Crippen LogP contribution in [0.25, 0.3) is 0 Å². The summed E-state index contributed by atoms with van der Waals surface area (Å²) in [6.45, 7) is 1.40. The van der Waals surface area contributed by atoms with Crippen LogP contribution in [0.4, 0.5) is 0 Å². The zero-order chi connectivity index (χ0) is 16.5. The molecule has 6 nitrogen and oxygen atoms in total. The molecule has 3 atom stereocenters. The van der Waals surface area contributed by atoms with E-state index in [4.69, 9.17) is 4.74 Å². The quantitative estimate of drug-likeness (QED) is 0.887. The largest absolute Gasteiger partial charge is 0.396 e. The van der Waals surface area contributed by atoms with Crippen molar-refractivity contribution in [3.63, 3.8) is 0 Å². The zero-order valence-corrected chi connectivity index (χ0v) is 14.1. The minimum absolute atomic E-state index is 0.0740. The van der Waals surface area contributed by atoms with Crippen LogP contribution in [0.15, 0.2) is 6.20 Å². The normalized spacial score (nSPS) is 31.2. The Hall–Kier alpha value is -1.40. The highest BCUT2D eigenvalue weighted by Gasteiger charge is 2.43. The van der Waals surface area contributed by atoms with Crippen molar-refractivity contribution in [3.05, 3.63) is 17.5 Å². The van der Waals surface area contributed by atoms with E-state index in [1.54, 1.807) is 6.20 Å². The van der Waals surface area contributed by atoms with Gasteiger partial charge < -0.3 is 14.7 Å². The molecule has 2 N–H and O–H groups in total. The van der Waals surface area contributed by atoms with Gasteiger partial charge in [-0.25, -0.2) is 0 Å². The second-order valence-electron chi connectivity index (χ2n) is 7.53. The Kier molecular flexibility index (Phi) is 4.59. The lowest BCUT2D eigenvalue weighted by Gasteiger charge is -2.37. The second kappa shape index (κ2) is 6.84. The maximum Gasteiger partial charge on any atom is 0.257 e. The summed E-state index contributed by atoms with van der Waals surface area (Å²) in [7, 11) is 0. The first-order chi connectivity index (χ1) is 11.8. The number of morpholine rings is 1. The molecule has 132 valence electrons. The van der Waals surface area contributed by atoms with E-state index in [9.17, 15) is 9.90 Å². The zero-order valence-electron chi connectivity index (χ0n) is 14.1. The van der Waals surface area contributed by atoms with Crippen LogP contribution in [0.1, 0.15) is 66.9 Å². The minimum Gasteiger partial charge on any atom is -0.396 e. The molecule has 3 fully saturated rings. The number of aromatic nitrogens is 2. The van der Waals surface area contributed by atoms with E-state index in [1.807, 2.05) is 4.90 Å². The molecule has 1 saturated heterocycles. The van der Waals surface area contributed by atoms with Crippen LogP contribution in [0.2, 0.25) is 0 Å². The molecule has 1 aromatic rings. The summed E-state index contributed by atoms with van der Waals surface area (Å²) < 4.78 is 5.85. The minimum atomic E-state index is 0.0740. The van der Waals surface area contributed by atoms with E-state index in [0.717, 1.165) is 36.9 Å². The third-order valence-corrected chi connectivity index (χ3v) is 6.07. The number of fused-ring (bicyclic) bond motifs is 1. The summed E-state index contributed by atoms with van der Waals surface area (Å²) in [5, 5.41) is 16.8. The van der Waals surface area contributed by atoms with Crippen molar-refractivity contribution in [2.45, 2.75) is 63.0 Å². The van der Waals surface area contributed by atoms with Crippen molar-refractivity contribution in [2.24, 2.45) is 5.92 Å². The predicted octanol–water partition coefficient (Wildman–Crippen LogP) is 2.07. The Morgan fingerprint density at radius 2 is 2.17 bits per heavy atom. The van der Waals surface area contributed by atoms with E-state index < -0.39 is 0 Å². The molecular formula is C18H27N3O3. The Labute approximate surface area is 142 Å². The van der Waals surface area contributed by atoms with Gasteiger partial charge in [0, 0.05) is 19.1 Å². The third kappa shape index (κ3) is 2.86. The standard InChI is InChI=1S/C18H27N3O3/c22-11-12-8-15-16(9-12)24-7-6-21(15)18(23)14-10-19-20-17(14)13-4-2-1-3-5-13/h10,12-13,15-16,22H,1-9,11H2,(H,19,20)/t12-,15+,16+/m1/s1. The number of nitrogens with zero attached hydrogens (tertiary/aromatic N) is 2. The van der Waals surface area contributed by atoms with Crippen molar-refractivity contribution in [1.82, 2.24) is 15.1 Å². The highest BCUT2D eigenvalue weighted by Crippen LogP contribution is 2.37. The number of nitrogens with one attached hydrogen (secondary N) is 1. The van der Waals surface area contributed by atoms with Crippen molar-refractivity contribution in [3.8, 4) is 0 Å². The van der Waals surface area contributed by atoms with Gasteiger partial charge in [0.2, 0.25) is 0 Å². The number of aliphatic hydroxyl groups is 1. The summed E-state index contributed by atoms with van der Waals surface area (Å²) >= 11 is 0. The van der Waals surface area contributed by atoms with E-state index in [0.29, 0.717) is 19.1 Å². The van der Waals surface area contributed by atoms with Crippen LogP contribution >= 0.6 is 0 Å². The summed E-state index contributed by atoms with van der Waals surface area (Å²) in [4.78, 5) is 15.2. The predicted molar refractivity (Wildman–Crippen MR) is 88.8 cm³/mol. The van der Waals surface area contributed by atoms with E-state index in [1.165, 1.54) is 19.3 Å². The van der Waals surface area contributed by atoms with Crippen molar-refractivity contribution in [1.29, 1.82) is 0 Å². The number of rotatable bonds is 3. The highest BCUT2D eigenvalue weighted by atomic mass is 16.5. The van der Waals surface area contributed by atoms with Crippen LogP contribution in [-0.2, 0) is 4.74 Å². The number of aliphatic hydroxyl groups excluding tert-OH is 1. The van der Waals surface area contributed by atoms with Gasteiger partial charge in [0.25, 0.3) is 5.91 Å². The molecular weight excluding hydrogens is 306 g/mol. The smallest absolute Gasteiger partial charge is 0.257 e. The fraction of sp³-hybridized carbons (Fsp3) is 0.778. The molecule has 1 amide bonds. The number of aromatic amines is 1. The fourth-order valence-corrected chi connectivity index (χ4v) is 4.78. The van der Waals surface area contributed by atoms with Gasteiger partial charge in [-0.1, -0.05) is 19.3 Å². The molecule has 24 heavy (non-hydrogen) atoms. The van der Waals surface area contributed by atoms with Crippen LogP contribution < -0.4 is 0 Å². The Morgan fingerprint density at radius 1 is 1.33 bits per heavy atom. The number of hydrogen-bond acceptors (Lipinski definition) is 4. The summed E-state index contributed by atoms with van der Waals surface area (Å²) in [6, 6.07) is 0.0949. The first-order valence-electron chi connectivity index (χ1n) is 9.34. The number of hydrogen-bond donors (Lipinski definition) is 2. The van der Waals surface area contributed by atoms with Gasteiger partial charge in [0.15, 0.2) is 0 Å². The number of ether oxygens (including phenoxy) is 1.